The van der Waals surface area contributed by atoms with Gasteiger partial charge in [-0.1, -0.05) is 19.8 Å². The fraction of sp³-hybridized carbons (Fsp3) is 0.750. The van der Waals surface area contributed by atoms with Gasteiger partial charge in [0.2, 0.25) is 10.0 Å². The Kier molecular flexibility index (Phi) is 9.73. The Labute approximate surface area is 266 Å². The molecule has 0 aliphatic carbocycles. The zero-order chi connectivity index (χ0) is 32.7. The van der Waals surface area contributed by atoms with Gasteiger partial charge in [-0.2, -0.15) is 18.2 Å². The number of sulfonamides is 1. The van der Waals surface area contributed by atoms with Crippen molar-refractivity contribution in [3.05, 3.63) is 34.7 Å². The van der Waals surface area contributed by atoms with Crippen LogP contribution in [0.3, 0.4) is 0 Å². The number of likely N-dealkylation sites (tertiary alicyclic amines) is 2. The molecule has 2 aromatic rings. The van der Waals surface area contributed by atoms with Crippen molar-refractivity contribution in [3.8, 4) is 0 Å². The molecule has 0 bridgehead atoms. The number of aromatic nitrogens is 4. The van der Waals surface area contributed by atoms with E-state index in [9.17, 15) is 22.0 Å². The molecule has 13 heteroatoms. The second-order valence-electron chi connectivity index (χ2n) is 13.7. The van der Waals surface area contributed by atoms with Gasteiger partial charge in [-0.15, -0.1) is 0 Å². The molecule has 0 aromatic carbocycles. The molecule has 3 saturated heterocycles. The third-order valence-electron chi connectivity index (χ3n) is 11.2. The molecule has 0 saturated carbocycles. The van der Waals surface area contributed by atoms with Gasteiger partial charge in [0, 0.05) is 31.7 Å². The second-order valence-corrected chi connectivity index (χ2v) is 15.6. The number of alkyl halides is 2. The Hall–Kier alpha value is -2.51. The highest BCUT2D eigenvalue weighted by molar-refractivity contribution is 7.89. The van der Waals surface area contributed by atoms with E-state index in [1.807, 2.05) is 18.7 Å². The third-order valence-corrected chi connectivity index (χ3v) is 13.3. The molecule has 0 N–H and O–H groups in total. The van der Waals surface area contributed by atoms with Gasteiger partial charge in [0.15, 0.2) is 0 Å². The molecule has 250 valence electrons. The van der Waals surface area contributed by atoms with Gasteiger partial charge >= 0.3 is 6.55 Å². The molecule has 1 unspecified atom stereocenters. The Morgan fingerprint density at radius 2 is 1.56 bits per heavy atom. The minimum absolute atomic E-state index is 0.00145. The number of amides is 1. The highest BCUT2D eigenvalue weighted by Gasteiger charge is 2.49. The smallest absolute Gasteiger partial charge is 0.333 e. The third kappa shape index (κ3) is 6.28. The van der Waals surface area contributed by atoms with Crippen LogP contribution in [0, 0.1) is 39.0 Å². The van der Waals surface area contributed by atoms with Crippen LogP contribution in [0.1, 0.15) is 105 Å². The largest absolute Gasteiger partial charge is 0.338 e. The molecule has 45 heavy (non-hydrogen) atoms. The predicted molar refractivity (Wildman–Crippen MR) is 168 cm³/mol. The Bertz CT molecular complexity index is 1480. The van der Waals surface area contributed by atoms with E-state index in [1.54, 1.807) is 0 Å². The number of hydrogen-bond donors (Lipinski definition) is 0. The van der Waals surface area contributed by atoms with E-state index in [0.717, 1.165) is 64.5 Å². The molecular weight excluding hydrogens is 600 g/mol. The van der Waals surface area contributed by atoms with E-state index in [1.165, 1.54) is 24.5 Å². The number of carbonyl (C=O) groups excluding carboxylic acids is 1. The predicted octanol–water partition coefficient (Wildman–Crippen LogP) is 5.28. The van der Waals surface area contributed by atoms with E-state index < -0.39 is 16.6 Å². The summed E-state index contributed by atoms with van der Waals surface area (Å²) < 4.78 is 56.7. The first-order valence-corrected chi connectivity index (χ1v) is 17.8. The first kappa shape index (κ1) is 33.8. The summed E-state index contributed by atoms with van der Waals surface area (Å²) >= 11 is 0. The van der Waals surface area contributed by atoms with Crippen LogP contribution in [-0.2, 0) is 10.0 Å². The quantitative estimate of drug-likeness (QED) is 0.383. The molecule has 1 spiro atoms. The van der Waals surface area contributed by atoms with Crippen LogP contribution in [0.25, 0.3) is 0 Å². The summed E-state index contributed by atoms with van der Waals surface area (Å²) in [6, 6.07) is 0. The van der Waals surface area contributed by atoms with Crippen LogP contribution >= 0.6 is 0 Å². The summed E-state index contributed by atoms with van der Waals surface area (Å²) in [6.45, 7) is 12.3. The number of hydrogen-bond acceptors (Lipinski definition) is 7. The van der Waals surface area contributed by atoms with Crippen molar-refractivity contribution in [3.63, 3.8) is 0 Å². The maximum Gasteiger partial charge on any atom is 0.333 e. The molecular formula is C32H49F2N7O3S. The van der Waals surface area contributed by atoms with Crippen molar-refractivity contribution in [2.45, 2.75) is 110 Å². The number of rotatable bonds is 8. The minimum atomic E-state index is -3.96. The Balaban J connectivity index is 1.25. The van der Waals surface area contributed by atoms with Gasteiger partial charge in [-0.3, -0.25) is 9.69 Å². The summed E-state index contributed by atoms with van der Waals surface area (Å²) in [5, 5.41) is 3.85. The average molecular weight is 650 g/mol. The van der Waals surface area contributed by atoms with Gasteiger partial charge in [-0.05, 0) is 97.6 Å². The standard InChI is InChI=1S/C32H49F2N7O3S/c1-7-8-9-26-20-40(45(43,44)28-24(4)37-41(25(28)5)30(33)34)19-14-32(26)12-17-39(18-13-32)31(6)10-15-38(16-11-31)29(42)27-22(2)35-21-36-23(27)3/h21,26,30H,7-20H2,1-6H3. The highest BCUT2D eigenvalue weighted by atomic mass is 32.2. The van der Waals surface area contributed by atoms with Crippen molar-refractivity contribution in [1.29, 1.82) is 0 Å². The van der Waals surface area contributed by atoms with Crippen LogP contribution in [0.15, 0.2) is 11.2 Å². The van der Waals surface area contributed by atoms with Crippen LogP contribution in [0.4, 0.5) is 8.78 Å². The number of halogens is 2. The fourth-order valence-corrected chi connectivity index (χ4v) is 10.1. The zero-order valence-electron chi connectivity index (χ0n) is 27.7. The zero-order valence-corrected chi connectivity index (χ0v) is 28.5. The Morgan fingerprint density at radius 1 is 0.956 bits per heavy atom. The number of piperidine rings is 3. The first-order valence-electron chi connectivity index (χ1n) is 16.4. The molecule has 2 aromatic heterocycles. The van der Waals surface area contributed by atoms with Crippen LogP contribution < -0.4 is 0 Å². The average Bonchev–Trinajstić information content (AvgIpc) is 3.31. The van der Waals surface area contributed by atoms with Crippen LogP contribution in [0.5, 0.6) is 0 Å². The van der Waals surface area contributed by atoms with E-state index in [2.05, 4.69) is 33.8 Å². The molecule has 1 amide bonds. The van der Waals surface area contributed by atoms with Crippen LogP contribution in [-0.4, -0.2) is 93.0 Å². The van der Waals surface area contributed by atoms with Gasteiger partial charge < -0.3 is 4.90 Å². The molecule has 0 radical (unpaired) electrons. The lowest BCUT2D eigenvalue weighted by atomic mass is 9.63. The summed E-state index contributed by atoms with van der Waals surface area (Å²) in [6.07, 6.45) is 9.09. The summed E-state index contributed by atoms with van der Waals surface area (Å²) in [5.41, 5.74) is 2.21. The molecule has 5 rings (SSSR count). The Morgan fingerprint density at radius 3 is 2.11 bits per heavy atom. The normalized spacial score (nSPS) is 22.8. The second kappa shape index (κ2) is 12.9. The topological polar surface area (TPSA) is 105 Å². The van der Waals surface area contributed by atoms with E-state index in [-0.39, 0.29) is 39.1 Å². The van der Waals surface area contributed by atoms with E-state index in [4.69, 9.17) is 0 Å². The lowest BCUT2D eigenvalue weighted by Crippen LogP contribution is -2.60. The van der Waals surface area contributed by atoms with Crippen molar-refractivity contribution >= 4 is 15.9 Å². The monoisotopic (exact) mass is 649 g/mol. The molecule has 5 heterocycles. The van der Waals surface area contributed by atoms with Crippen molar-refractivity contribution < 1.29 is 22.0 Å². The highest BCUT2D eigenvalue weighted by Crippen LogP contribution is 2.50. The van der Waals surface area contributed by atoms with E-state index in [0.29, 0.717) is 47.8 Å². The minimum Gasteiger partial charge on any atom is -0.338 e. The van der Waals surface area contributed by atoms with Gasteiger partial charge in [0.25, 0.3) is 5.91 Å². The van der Waals surface area contributed by atoms with Gasteiger partial charge in [0.05, 0.1) is 28.3 Å². The van der Waals surface area contributed by atoms with Crippen molar-refractivity contribution in [2.24, 2.45) is 11.3 Å². The number of unbranched alkanes of at least 4 members (excludes halogenated alkanes) is 1. The number of nitrogens with zero attached hydrogens (tertiary/aromatic N) is 7. The van der Waals surface area contributed by atoms with E-state index >= 15 is 0 Å². The SMILES string of the molecule is CCCCC1CN(S(=O)(=O)c2c(C)nn(C(F)F)c2C)CCC12CCN(C1(C)CCN(C(=O)c3c(C)ncnc3C)CC1)CC2. The maximum atomic E-state index is 13.8. The van der Waals surface area contributed by atoms with Crippen molar-refractivity contribution in [1.82, 2.24) is 33.9 Å². The summed E-state index contributed by atoms with van der Waals surface area (Å²) in [4.78, 5) is 26.3. The summed E-state index contributed by atoms with van der Waals surface area (Å²) in [7, 11) is -3.96. The molecule has 3 aliphatic heterocycles. The lowest BCUT2D eigenvalue weighted by Gasteiger charge is -2.55. The van der Waals surface area contributed by atoms with Gasteiger partial charge in [-0.25, -0.2) is 23.1 Å². The number of carbonyl (C=O) groups is 1. The van der Waals surface area contributed by atoms with Crippen molar-refractivity contribution in [2.75, 3.05) is 39.3 Å². The first-order chi connectivity index (χ1) is 21.2. The fourth-order valence-electron chi connectivity index (χ4n) is 8.21. The number of aryl methyl sites for hydroxylation is 3. The molecule has 10 nitrogen and oxygen atoms in total. The van der Waals surface area contributed by atoms with Gasteiger partial charge in [0.1, 0.15) is 11.2 Å². The molecule has 3 fully saturated rings. The lowest BCUT2D eigenvalue weighted by molar-refractivity contribution is -0.0483. The summed E-state index contributed by atoms with van der Waals surface area (Å²) in [5.74, 6) is 0.221. The van der Waals surface area contributed by atoms with Crippen LogP contribution in [0.2, 0.25) is 0 Å². The molecule has 1 atom stereocenters. The maximum absolute atomic E-state index is 13.8. The molecule has 3 aliphatic rings.